The van der Waals surface area contributed by atoms with Gasteiger partial charge in [0.05, 0.1) is 11.0 Å². The molecule has 0 saturated carbocycles. The van der Waals surface area contributed by atoms with Crippen LogP contribution in [0.3, 0.4) is 0 Å². The molecule has 0 spiro atoms. The van der Waals surface area contributed by atoms with Gasteiger partial charge in [-0.1, -0.05) is 88.4 Å². The zero-order valence-electron chi connectivity index (χ0n) is 20.0. The van der Waals surface area contributed by atoms with Gasteiger partial charge in [0.1, 0.15) is 5.82 Å². The second-order valence-corrected chi connectivity index (χ2v) is 9.30. The summed E-state index contributed by atoms with van der Waals surface area (Å²) in [5.74, 6) is 0.965. The molecule has 0 aliphatic rings. The number of hydrogen-bond donors (Lipinski definition) is 1. The summed E-state index contributed by atoms with van der Waals surface area (Å²) >= 11 is 5.91. The standard InChI is InChI=1S/C28H38ClN3O/c1-2-3-4-5-6-7-8-9-10-13-22-32-26-15-12-11-14-25(26)31-27(32)20-21-30-28(33)23-16-18-24(29)19-17-23/h11-12,14-19H,2-10,13,20-22H2,1H3,(H,30,33). The number of nitrogens with zero attached hydrogens (tertiary/aromatic N) is 2. The highest BCUT2D eigenvalue weighted by Crippen LogP contribution is 2.18. The number of amides is 1. The zero-order valence-corrected chi connectivity index (χ0v) is 20.7. The van der Waals surface area contributed by atoms with Crippen LogP contribution in [-0.2, 0) is 13.0 Å². The van der Waals surface area contributed by atoms with Gasteiger partial charge in [-0.15, -0.1) is 0 Å². The number of hydrogen-bond acceptors (Lipinski definition) is 2. The van der Waals surface area contributed by atoms with Crippen LogP contribution >= 0.6 is 11.6 Å². The van der Waals surface area contributed by atoms with Crippen LogP contribution in [0.15, 0.2) is 48.5 Å². The molecule has 2 aromatic carbocycles. The molecular weight excluding hydrogens is 430 g/mol. The van der Waals surface area contributed by atoms with Gasteiger partial charge in [-0.05, 0) is 42.8 Å². The highest BCUT2D eigenvalue weighted by Gasteiger charge is 2.11. The first kappa shape index (κ1) is 25.3. The smallest absolute Gasteiger partial charge is 0.251 e. The summed E-state index contributed by atoms with van der Waals surface area (Å²) in [4.78, 5) is 17.2. The lowest BCUT2D eigenvalue weighted by Crippen LogP contribution is -2.26. The molecule has 5 heteroatoms. The molecule has 1 aromatic heterocycles. The van der Waals surface area contributed by atoms with Gasteiger partial charge in [0.2, 0.25) is 0 Å². The van der Waals surface area contributed by atoms with E-state index >= 15 is 0 Å². The van der Waals surface area contributed by atoms with Gasteiger partial charge in [0.25, 0.3) is 5.91 Å². The van der Waals surface area contributed by atoms with E-state index in [1.807, 2.05) is 6.07 Å². The van der Waals surface area contributed by atoms with Gasteiger partial charge in [0, 0.05) is 30.1 Å². The molecule has 0 saturated heterocycles. The molecule has 0 bridgehead atoms. The van der Waals surface area contributed by atoms with E-state index in [1.54, 1.807) is 24.3 Å². The maximum atomic E-state index is 12.4. The molecule has 178 valence electrons. The van der Waals surface area contributed by atoms with Crippen LogP contribution in [0.2, 0.25) is 5.02 Å². The van der Waals surface area contributed by atoms with Crippen molar-refractivity contribution in [1.29, 1.82) is 0 Å². The number of aromatic nitrogens is 2. The second kappa shape index (κ2) is 14.0. The highest BCUT2D eigenvalue weighted by atomic mass is 35.5. The topological polar surface area (TPSA) is 46.9 Å². The summed E-state index contributed by atoms with van der Waals surface area (Å²) in [5, 5.41) is 3.64. The molecule has 33 heavy (non-hydrogen) atoms. The third-order valence-corrected chi connectivity index (χ3v) is 6.46. The summed E-state index contributed by atoms with van der Waals surface area (Å²) in [5.41, 5.74) is 2.84. The molecule has 0 fully saturated rings. The Morgan fingerprint density at radius 2 is 1.52 bits per heavy atom. The largest absolute Gasteiger partial charge is 0.352 e. The number of rotatable bonds is 15. The van der Waals surface area contributed by atoms with Gasteiger partial charge < -0.3 is 9.88 Å². The van der Waals surface area contributed by atoms with Crippen LogP contribution < -0.4 is 5.32 Å². The maximum Gasteiger partial charge on any atom is 0.251 e. The SMILES string of the molecule is CCCCCCCCCCCCn1c(CCNC(=O)c2ccc(Cl)cc2)nc2ccccc21. The predicted molar refractivity (Wildman–Crippen MR) is 139 cm³/mol. The summed E-state index contributed by atoms with van der Waals surface area (Å²) in [6.07, 6.45) is 14.0. The maximum absolute atomic E-state index is 12.4. The number of unbranched alkanes of at least 4 members (excludes halogenated alkanes) is 9. The third-order valence-electron chi connectivity index (χ3n) is 6.21. The first-order valence-corrected chi connectivity index (χ1v) is 13.0. The van der Waals surface area contributed by atoms with Gasteiger partial charge in [-0.3, -0.25) is 4.79 Å². The quantitative estimate of drug-likeness (QED) is 0.234. The van der Waals surface area contributed by atoms with Crippen LogP contribution in [0.5, 0.6) is 0 Å². The van der Waals surface area contributed by atoms with Crippen molar-refractivity contribution < 1.29 is 4.79 Å². The molecule has 0 aliphatic heterocycles. The Balaban J connectivity index is 1.46. The van der Waals surface area contributed by atoms with Gasteiger partial charge >= 0.3 is 0 Å². The summed E-state index contributed by atoms with van der Waals surface area (Å²) in [7, 11) is 0. The Morgan fingerprint density at radius 1 is 0.879 bits per heavy atom. The fourth-order valence-electron chi connectivity index (χ4n) is 4.31. The molecule has 0 unspecified atom stereocenters. The van der Waals surface area contributed by atoms with Crippen molar-refractivity contribution in [1.82, 2.24) is 14.9 Å². The molecule has 0 radical (unpaired) electrons. The number of para-hydroxylation sites is 2. The lowest BCUT2D eigenvalue weighted by atomic mass is 10.1. The summed E-state index contributed by atoms with van der Waals surface area (Å²) in [6, 6.07) is 15.3. The van der Waals surface area contributed by atoms with Crippen LogP contribution in [0.1, 0.15) is 87.3 Å². The number of imidazole rings is 1. The Bertz CT molecular complexity index is 980. The van der Waals surface area contributed by atoms with E-state index in [9.17, 15) is 4.79 Å². The van der Waals surface area contributed by atoms with Crippen molar-refractivity contribution in [2.75, 3.05) is 6.54 Å². The third kappa shape index (κ3) is 8.19. The van der Waals surface area contributed by atoms with Crippen molar-refractivity contribution in [3.8, 4) is 0 Å². The van der Waals surface area contributed by atoms with Crippen LogP contribution in [0.4, 0.5) is 0 Å². The van der Waals surface area contributed by atoms with Gasteiger partial charge in [-0.25, -0.2) is 4.98 Å². The summed E-state index contributed by atoms with van der Waals surface area (Å²) in [6.45, 7) is 3.81. The summed E-state index contributed by atoms with van der Waals surface area (Å²) < 4.78 is 2.34. The number of aryl methyl sites for hydroxylation is 1. The molecular formula is C28H38ClN3O. The van der Waals surface area contributed by atoms with Crippen LogP contribution in [0.25, 0.3) is 11.0 Å². The minimum absolute atomic E-state index is 0.0796. The first-order valence-electron chi connectivity index (χ1n) is 12.7. The molecule has 0 aliphatic carbocycles. The van der Waals surface area contributed by atoms with Crippen molar-refractivity contribution in [3.63, 3.8) is 0 Å². The fourth-order valence-corrected chi connectivity index (χ4v) is 4.44. The predicted octanol–water partition coefficient (Wildman–Crippen LogP) is 7.58. The molecule has 3 rings (SSSR count). The fraction of sp³-hybridized carbons (Fsp3) is 0.500. The van der Waals surface area contributed by atoms with Crippen LogP contribution in [0, 0.1) is 0 Å². The van der Waals surface area contributed by atoms with Crippen molar-refractivity contribution in [2.45, 2.75) is 84.1 Å². The number of nitrogens with one attached hydrogen (secondary N) is 1. The Labute approximate surface area is 203 Å². The van der Waals surface area contributed by atoms with E-state index in [0.29, 0.717) is 23.6 Å². The molecule has 1 amide bonds. The molecule has 0 atom stereocenters. The molecule has 1 N–H and O–H groups in total. The number of benzene rings is 2. The van der Waals surface area contributed by atoms with E-state index in [-0.39, 0.29) is 5.91 Å². The van der Waals surface area contributed by atoms with E-state index in [2.05, 4.69) is 35.0 Å². The van der Waals surface area contributed by atoms with Crippen molar-refractivity contribution >= 4 is 28.5 Å². The van der Waals surface area contributed by atoms with E-state index in [0.717, 1.165) is 17.9 Å². The minimum Gasteiger partial charge on any atom is -0.352 e. The van der Waals surface area contributed by atoms with Gasteiger partial charge in [-0.2, -0.15) is 0 Å². The minimum atomic E-state index is -0.0796. The number of fused-ring (bicyclic) bond motifs is 1. The highest BCUT2D eigenvalue weighted by molar-refractivity contribution is 6.30. The van der Waals surface area contributed by atoms with Gasteiger partial charge in [0.15, 0.2) is 0 Å². The van der Waals surface area contributed by atoms with Crippen LogP contribution in [-0.4, -0.2) is 22.0 Å². The molecule has 1 heterocycles. The normalized spacial score (nSPS) is 11.2. The first-order chi connectivity index (χ1) is 16.2. The monoisotopic (exact) mass is 467 g/mol. The van der Waals surface area contributed by atoms with Crippen molar-refractivity contribution in [3.05, 3.63) is 64.9 Å². The Hall–Kier alpha value is -2.33. The van der Waals surface area contributed by atoms with Crippen molar-refractivity contribution in [2.24, 2.45) is 0 Å². The number of halogens is 1. The zero-order chi connectivity index (χ0) is 23.3. The number of carbonyl (C=O) groups excluding carboxylic acids is 1. The Kier molecular flexibility index (Phi) is 10.8. The van der Waals surface area contributed by atoms with E-state index in [1.165, 1.54) is 69.7 Å². The lowest BCUT2D eigenvalue weighted by Gasteiger charge is -2.10. The van der Waals surface area contributed by atoms with E-state index in [4.69, 9.17) is 16.6 Å². The average Bonchev–Trinajstić information content (AvgIpc) is 3.18. The average molecular weight is 468 g/mol. The molecule has 4 nitrogen and oxygen atoms in total. The Morgan fingerprint density at radius 3 is 2.21 bits per heavy atom. The second-order valence-electron chi connectivity index (χ2n) is 8.86. The lowest BCUT2D eigenvalue weighted by molar-refractivity contribution is 0.0954. The molecule has 3 aromatic rings. The van der Waals surface area contributed by atoms with E-state index < -0.39 is 0 Å². The number of carbonyl (C=O) groups is 1.